The van der Waals surface area contributed by atoms with Crippen LogP contribution in [0.1, 0.15) is 29.6 Å². The van der Waals surface area contributed by atoms with Crippen LogP contribution in [0.4, 0.5) is 11.4 Å². The Bertz CT molecular complexity index is 1380. The Kier molecular flexibility index (Phi) is 7.33. The lowest BCUT2D eigenvalue weighted by atomic mass is 10.1. The normalized spacial score (nSPS) is 18.8. The molecule has 0 bridgehead atoms. The number of rotatable bonds is 6. The number of aromatic nitrogens is 2. The lowest BCUT2D eigenvalue weighted by molar-refractivity contribution is -0.150. The number of piperidine rings is 1. The van der Waals surface area contributed by atoms with Crippen LogP contribution in [0.3, 0.4) is 0 Å². The standard InChI is InChI=1S/C26H27N5O7/c32-20(23(33)27-18-9-7-16(8-10-18)22-28-26(36)38-29-22)21-25(35)31(13-14-37-21)19-6-4-5-17(15-19)24(34)30-11-2-1-3-12-30/h4-10,15,20-21,32H,1-3,11-14H2,(H,27,33)(H,28,29,36). The number of aromatic amines is 1. The van der Waals surface area contributed by atoms with Gasteiger partial charge in [0.25, 0.3) is 17.7 Å². The number of hydrogen-bond acceptors (Lipinski definition) is 8. The second-order valence-corrected chi connectivity index (χ2v) is 9.14. The number of nitrogens with one attached hydrogen (secondary N) is 2. The van der Waals surface area contributed by atoms with Crippen LogP contribution in [0.15, 0.2) is 57.8 Å². The molecule has 2 fully saturated rings. The zero-order valence-corrected chi connectivity index (χ0v) is 20.5. The molecule has 3 aromatic rings. The van der Waals surface area contributed by atoms with Crippen LogP contribution in [0, 0.1) is 0 Å². The minimum atomic E-state index is -1.77. The number of ether oxygens (including phenoxy) is 1. The minimum absolute atomic E-state index is 0.0795. The Morgan fingerprint density at radius 1 is 1.05 bits per heavy atom. The summed E-state index contributed by atoms with van der Waals surface area (Å²) in [5.41, 5.74) is 1.89. The first-order valence-electron chi connectivity index (χ1n) is 12.4. The van der Waals surface area contributed by atoms with Gasteiger partial charge in [0.1, 0.15) is 0 Å². The van der Waals surface area contributed by atoms with Crippen LogP contribution in [-0.4, -0.2) is 76.3 Å². The predicted octanol–water partition coefficient (Wildman–Crippen LogP) is 1.39. The molecule has 5 rings (SSSR count). The molecule has 1 aromatic heterocycles. The fourth-order valence-electron chi connectivity index (χ4n) is 4.59. The summed E-state index contributed by atoms with van der Waals surface area (Å²) in [6, 6.07) is 13.1. The van der Waals surface area contributed by atoms with Gasteiger partial charge in [-0.1, -0.05) is 11.2 Å². The van der Waals surface area contributed by atoms with Gasteiger partial charge in [-0.15, -0.1) is 0 Å². The zero-order valence-electron chi connectivity index (χ0n) is 20.5. The average molecular weight is 522 g/mol. The van der Waals surface area contributed by atoms with Crippen LogP contribution in [0.2, 0.25) is 0 Å². The van der Waals surface area contributed by atoms with Crippen molar-refractivity contribution in [2.24, 2.45) is 0 Å². The van der Waals surface area contributed by atoms with Crippen molar-refractivity contribution in [3.8, 4) is 11.4 Å². The molecule has 198 valence electrons. The van der Waals surface area contributed by atoms with Crippen molar-refractivity contribution < 1.29 is 28.8 Å². The molecular formula is C26H27N5O7. The average Bonchev–Trinajstić information content (AvgIpc) is 3.39. The summed E-state index contributed by atoms with van der Waals surface area (Å²) < 4.78 is 9.96. The van der Waals surface area contributed by atoms with Crippen molar-refractivity contribution in [3.05, 3.63) is 64.6 Å². The largest absolute Gasteiger partial charge is 0.439 e. The van der Waals surface area contributed by atoms with E-state index >= 15 is 0 Å². The van der Waals surface area contributed by atoms with Gasteiger partial charge in [0, 0.05) is 42.1 Å². The van der Waals surface area contributed by atoms with Gasteiger partial charge < -0.3 is 25.0 Å². The molecule has 2 aromatic carbocycles. The molecule has 0 aliphatic carbocycles. The van der Waals surface area contributed by atoms with Crippen molar-refractivity contribution in [2.75, 3.05) is 36.5 Å². The van der Waals surface area contributed by atoms with Gasteiger partial charge in [-0.05, 0) is 61.7 Å². The maximum absolute atomic E-state index is 13.2. The van der Waals surface area contributed by atoms with Gasteiger partial charge in [0.2, 0.25) is 0 Å². The second kappa shape index (κ2) is 11.0. The Labute approximate surface area is 217 Å². The van der Waals surface area contributed by atoms with Crippen LogP contribution in [0.5, 0.6) is 0 Å². The number of benzene rings is 2. The number of morpholine rings is 1. The van der Waals surface area contributed by atoms with Crippen molar-refractivity contribution in [3.63, 3.8) is 0 Å². The zero-order chi connectivity index (χ0) is 26.6. The van der Waals surface area contributed by atoms with Gasteiger partial charge in [0.05, 0.1) is 6.61 Å². The van der Waals surface area contributed by atoms with E-state index in [1.807, 2.05) is 4.90 Å². The van der Waals surface area contributed by atoms with E-state index in [0.29, 0.717) is 35.6 Å². The summed E-state index contributed by atoms with van der Waals surface area (Å²) in [5, 5.41) is 16.8. The molecular weight excluding hydrogens is 494 g/mol. The molecule has 2 saturated heterocycles. The van der Waals surface area contributed by atoms with Crippen LogP contribution < -0.4 is 16.0 Å². The molecule has 3 amide bonds. The molecule has 12 nitrogen and oxygen atoms in total. The third kappa shape index (κ3) is 5.36. The number of likely N-dealkylation sites (tertiary alicyclic amines) is 1. The van der Waals surface area contributed by atoms with Gasteiger partial charge in [-0.25, -0.2) is 4.79 Å². The summed E-state index contributed by atoms with van der Waals surface area (Å²) >= 11 is 0. The van der Waals surface area contributed by atoms with E-state index in [1.165, 1.54) is 4.90 Å². The van der Waals surface area contributed by atoms with E-state index in [4.69, 9.17) is 4.74 Å². The van der Waals surface area contributed by atoms with Crippen LogP contribution in [-0.2, 0) is 14.3 Å². The van der Waals surface area contributed by atoms with Crippen molar-refractivity contribution in [2.45, 2.75) is 31.5 Å². The monoisotopic (exact) mass is 521 g/mol. The molecule has 0 radical (unpaired) electrons. The van der Waals surface area contributed by atoms with E-state index in [9.17, 15) is 24.3 Å². The lowest BCUT2D eigenvalue weighted by Crippen LogP contribution is -2.55. The Morgan fingerprint density at radius 3 is 2.53 bits per heavy atom. The molecule has 12 heteroatoms. The van der Waals surface area contributed by atoms with Gasteiger partial charge >= 0.3 is 5.76 Å². The van der Waals surface area contributed by atoms with E-state index in [1.54, 1.807) is 48.5 Å². The third-order valence-corrected chi connectivity index (χ3v) is 6.59. The lowest BCUT2D eigenvalue weighted by Gasteiger charge is -2.34. The highest BCUT2D eigenvalue weighted by molar-refractivity contribution is 6.04. The number of H-pyrrole nitrogens is 1. The number of hydrogen-bond donors (Lipinski definition) is 3. The molecule has 2 aliphatic heterocycles. The minimum Gasteiger partial charge on any atom is -0.380 e. The summed E-state index contributed by atoms with van der Waals surface area (Å²) in [5.74, 6) is -1.93. The summed E-state index contributed by atoms with van der Waals surface area (Å²) in [6.45, 7) is 1.75. The number of aliphatic hydroxyl groups is 1. The Hall–Kier alpha value is -4.29. The molecule has 2 unspecified atom stereocenters. The van der Waals surface area contributed by atoms with E-state index < -0.39 is 29.8 Å². The Balaban J connectivity index is 1.25. The van der Waals surface area contributed by atoms with Crippen molar-refractivity contribution in [1.82, 2.24) is 15.0 Å². The van der Waals surface area contributed by atoms with Crippen LogP contribution >= 0.6 is 0 Å². The quantitative estimate of drug-likeness (QED) is 0.439. The van der Waals surface area contributed by atoms with Gasteiger partial charge in [-0.2, -0.15) is 0 Å². The molecule has 38 heavy (non-hydrogen) atoms. The first-order valence-corrected chi connectivity index (χ1v) is 12.4. The van der Waals surface area contributed by atoms with Gasteiger partial charge in [0.15, 0.2) is 18.0 Å². The number of carbonyl (C=O) groups excluding carboxylic acids is 3. The topological polar surface area (TPSA) is 158 Å². The summed E-state index contributed by atoms with van der Waals surface area (Å²) in [4.78, 5) is 55.7. The maximum atomic E-state index is 13.2. The fraction of sp³-hybridized carbons (Fsp3) is 0.346. The van der Waals surface area contributed by atoms with Crippen LogP contribution in [0.25, 0.3) is 11.4 Å². The molecule has 3 N–H and O–H groups in total. The van der Waals surface area contributed by atoms with E-state index in [0.717, 1.165) is 19.3 Å². The number of nitrogens with zero attached hydrogens (tertiary/aromatic N) is 3. The highest BCUT2D eigenvalue weighted by Crippen LogP contribution is 2.24. The molecule has 0 saturated carbocycles. The predicted molar refractivity (Wildman–Crippen MR) is 135 cm³/mol. The third-order valence-electron chi connectivity index (χ3n) is 6.59. The highest BCUT2D eigenvalue weighted by atomic mass is 16.5. The number of anilines is 2. The number of carbonyl (C=O) groups is 3. The first-order chi connectivity index (χ1) is 18.4. The van der Waals surface area contributed by atoms with E-state index in [2.05, 4.69) is 20.0 Å². The Morgan fingerprint density at radius 2 is 1.82 bits per heavy atom. The summed E-state index contributed by atoms with van der Waals surface area (Å²) in [6.07, 6.45) is -0.123. The highest BCUT2D eigenvalue weighted by Gasteiger charge is 2.39. The SMILES string of the molecule is O=C(Nc1ccc(-c2noc(=O)[nH]2)cc1)C(O)C1OCCN(c2cccc(C(=O)N3CCCCC3)c2)C1=O. The number of aliphatic hydroxyl groups excluding tert-OH is 1. The smallest absolute Gasteiger partial charge is 0.380 e. The fourth-order valence-corrected chi connectivity index (χ4v) is 4.59. The second-order valence-electron chi connectivity index (χ2n) is 9.14. The van der Waals surface area contributed by atoms with Crippen molar-refractivity contribution in [1.29, 1.82) is 0 Å². The summed E-state index contributed by atoms with van der Waals surface area (Å²) in [7, 11) is 0. The van der Waals surface area contributed by atoms with Gasteiger partial charge in [-0.3, -0.25) is 23.9 Å². The van der Waals surface area contributed by atoms with E-state index in [-0.39, 0.29) is 24.9 Å². The molecule has 2 atom stereocenters. The van der Waals surface area contributed by atoms with Crippen molar-refractivity contribution >= 4 is 29.1 Å². The molecule has 0 spiro atoms. The maximum Gasteiger partial charge on any atom is 0.439 e. The number of amides is 3. The molecule has 3 heterocycles. The molecule has 2 aliphatic rings. The first kappa shape index (κ1) is 25.4.